The van der Waals surface area contributed by atoms with E-state index in [-0.39, 0.29) is 22.7 Å². The van der Waals surface area contributed by atoms with Crippen molar-refractivity contribution in [3.05, 3.63) is 56.4 Å². The second-order valence-electron chi connectivity index (χ2n) is 5.14. The number of H-pyrrole nitrogens is 1. The van der Waals surface area contributed by atoms with Crippen LogP contribution >= 0.6 is 11.3 Å². The van der Waals surface area contributed by atoms with Gasteiger partial charge in [0.1, 0.15) is 16.6 Å². The number of allylic oxidation sites excluding steroid dienone is 1. The van der Waals surface area contributed by atoms with Crippen LogP contribution in [0.5, 0.6) is 5.75 Å². The van der Waals surface area contributed by atoms with Crippen LogP contribution in [0.4, 0.5) is 0 Å². The molecule has 6 heteroatoms. The molecule has 0 bridgehead atoms. The lowest BCUT2D eigenvalue weighted by Crippen LogP contribution is -2.10. The molecular weight excluding hydrogens is 310 g/mol. The number of hydrogen-bond acceptors (Lipinski definition) is 5. The first-order chi connectivity index (χ1) is 11.0. The van der Waals surface area contributed by atoms with Gasteiger partial charge < -0.3 is 10.1 Å². The number of nitrogens with zero attached hydrogens (tertiary/aromatic N) is 2. The van der Waals surface area contributed by atoms with Gasteiger partial charge in [-0.15, -0.1) is 11.3 Å². The van der Waals surface area contributed by atoms with Crippen molar-refractivity contribution >= 4 is 33.2 Å². The highest BCUT2D eigenvalue weighted by molar-refractivity contribution is 7.18. The molecule has 3 rings (SSSR count). The van der Waals surface area contributed by atoms with E-state index in [1.807, 2.05) is 13.8 Å². The number of aromatic hydroxyl groups is 1. The largest absolute Gasteiger partial charge is 0.508 e. The zero-order valence-electron chi connectivity index (χ0n) is 12.5. The zero-order chi connectivity index (χ0) is 16.6. The smallest absolute Gasteiger partial charge is 0.260 e. The number of phenolic OH excluding ortho intramolecular Hbond substituents is 1. The molecule has 2 aromatic heterocycles. The molecule has 1 aromatic carbocycles. The number of aryl methyl sites for hydroxylation is 2. The van der Waals surface area contributed by atoms with Crippen LogP contribution in [0.2, 0.25) is 0 Å². The summed E-state index contributed by atoms with van der Waals surface area (Å²) in [6, 6.07) is 8.50. The van der Waals surface area contributed by atoms with Crippen molar-refractivity contribution in [2.24, 2.45) is 0 Å². The average molecular weight is 323 g/mol. The third-order valence-electron chi connectivity index (χ3n) is 3.62. The highest BCUT2D eigenvalue weighted by Gasteiger charge is 2.13. The normalized spacial score (nSPS) is 11.6. The summed E-state index contributed by atoms with van der Waals surface area (Å²) in [5, 5.41) is 19.3. The van der Waals surface area contributed by atoms with Gasteiger partial charge in [-0.25, -0.2) is 4.98 Å². The number of hydrogen-bond donors (Lipinski definition) is 2. The minimum Gasteiger partial charge on any atom is -0.508 e. The van der Waals surface area contributed by atoms with Gasteiger partial charge in [0.2, 0.25) is 0 Å². The standard InChI is InChI=1S/C17H13N3O2S/c1-9-10(2)23-17-14(9)16(22)19-15(20-17)12(8-18)7-11-3-5-13(21)6-4-11/h3-7,21H,1-2H3,(H,19,20,22)/b12-7+. The summed E-state index contributed by atoms with van der Waals surface area (Å²) in [7, 11) is 0. The van der Waals surface area contributed by atoms with Gasteiger partial charge in [-0.2, -0.15) is 5.26 Å². The second-order valence-corrected chi connectivity index (χ2v) is 6.34. The molecule has 3 aromatic rings. The number of aromatic nitrogens is 2. The van der Waals surface area contributed by atoms with Crippen molar-refractivity contribution < 1.29 is 5.11 Å². The van der Waals surface area contributed by atoms with Crippen molar-refractivity contribution in [2.75, 3.05) is 0 Å². The lowest BCUT2D eigenvalue weighted by molar-refractivity contribution is 0.475. The Kier molecular flexibility index (Phi) is 3.72. The summed E-state index contributed by atoms with van der Waals surface area (Å²) in [5.74, 6) is 0.400. The molecule has 0 fully saturated rings. The molecule has 0 spiro atoms. The average Bonchev–Trinajstić information content (AvgIpc) is 2.81. The van der Waals surface area contributed by atoms with Crippen LogP contribution in [0.25, 0.3) is 21.9 Å². The van der Waals surface area contributed by atoms with Gasteiger partial charge in [0.05, 0.1) is 11.0 Å². The van der Waals surface area contributed by atoms with Crippen LogP contribution in [0.3, 0.4) is 0 Å². The molecule has 5 nitrogen and oxygen atoms in total. The van der Waals surface area contributed by atoms with E-state index in [0.29, 0.717) is 10.2 Å². The number of fused-ring (bicyclic) bond motifs is 1. The van der Waals surface area contributed by atoms with Crippen molar-refractivity contribution in [3.8, 4) is 11.8 Å². The summed E-state index contributed by atoms with van der Waals surface area (Å²) in [5.41, 5.74) is 1.68. The Morgan fingerprint density at radius 1 is 1.35 bits per heavy atom. The van der Waals surface area contributed by atoms with Gasteiger partial charge in [-0.05, 0) is 43.2 Å². The van der Waals surface area contributed by atoms with Crippen molar-refractivity contribution in [3.63, 3.8) is 0 Å². The van der Waals surface area contributed by atoms with Crippen LogP contribution in [0.15, 0.2) is 29.1 Å². The molecule has 2 N–H and O–H groups in total. The summed E-state index contributed by atoms with van der Waals surface area (Å²) in [6.45, 7) is 3.83. The quantitative estimate of drug-likeness (QED) is 0.708. The molecule has 0 saturated heterocycles. The SMILES string of the molecule is Cc1sc2nc(/C(C#N)=C/c3ccc(O)cc3)[nH]c(=O)c2c1C. The van der Waals surface area contributed by atoms with Crippen molar-refractivity contribution in [2.45, 2.75) is 13.8 Å². The lowest BCUT2D eigenvalue weighted by atomic mass is 10.1. The fourth-order valence-corrected chi connectivity index (χ4v) is 3.30. The zero-order valence-corrected chi connectivity index (χ0v) is 13.4. The van der Waals surface area contributed by atoms with Crippen molar-refractivity contribution in [1.82, 2.24) is 9.97 Å². The first kappa shape index (κ1) is 15.0. The molecule has 0 unspecified atom stereocenters. The minimum atomic E-state index is -0.237. The number of thiophene rings is 1. The monoisotopic (exact) mass is 323 g/mol. The maximum atomic E-state index is 12.3. The number of nitrogens with one attached hydrogen (secondary N) is 1. The van der Waals surface area contributed by atoms with E-state index in [1.54, 1.807) is 18.2 Å². The summed E-state index contributed by atoms with van der Waals surface area (Å²) >= 11 is 1.44. The van der Waals surface area contributed by atoms with Gasteiger partial charge in [0, 0.05) is 4.88 Å². The topological polar surface area (TPSA) is 89.8 Å². The van der Waals surface area contributed by atoms with E-state index in [4.69, 9.17) is 0 Å². The molecule has 0 saturated carbocycles. The van der Waals surface area contributed by atoms with Gasteiger partial charge in [-0.1, -0.05) is 12.1 Å². The molecule has 0 amide bonds. The van der Waals surface area contributed by atoms with Crippen LogP contribution in [-0.4, -0.2) is 15.1 Å². The van der Waals surface area contributed by atoms with E-state index >= 15 is 0 Å². The molecule has 0 aliphatic carbocycles. The van der Waals surface area contributed by atoms with Crippen molar-refractivity contribution in [1.29, 1.82) is 5.26 Å². The number of phenols is 1. The van der Waals surface area contributed by atoms with Crippen LogP contribution in [0.1, 0.15) is 21.8 Å². The minimum absolute atomic E-state index is 0.151. The molecular formula is C17H13N3O2S. The van der Waals surface area contributed by atoms with E-state index in [0.717, 1.165) is 16.0 Å². The number of nitriles is 1. The predicted molar refractivity (Wildman–Crippen MR) is 91.3 cm³/mol. The molecule has 0 radical (unpaired) electrons. The Hall–Kier alpha value is -2.91. The molecule has 0 atom stereocenters. The first-order valence-corrected chi connectivity index (χ1v) is 7.72. The Morgan fingerprint density at radius 2 is 2.04 bits per heavy atom. The Balaban J connectivity index is 2.16. The van der Waals surface area contributed by atoms with E-state index < -0.39 is 0 Å². The van der Waals surface area contributed by atoms with Crippen LogP contribution < -0.4 is 5.56 Å². The molecule has 2 heterocycles. The molecule has 23 heavy (non-hydrogen) atoms. The highest BCUT2D eigenvalue weighted by Crippen LogP contribution is 2.27. The first-order valence-electron chi connectivity index (χ1n) is 6.91. The van der Waals surface area contributed by atoms with E-state index in [1.165, 1.54) is 23.5 Å². The molecule has 0 aliphatic heterocycles. The van der Waals surface area contributed by atoms with Gasteiger partial charge >= 0.3 is 0 Å². The second kappa shape index (κ2) is 5.71. The molecule has 0 aliphatic rings. The third kappa shape index (κ3) is 2.74. The van der Waals surface area contributed by atoms with Gasteiger partial charge in [0.25, 0.3) is 5.56 Å². The number of rotatable bonds is 2. The Morgan fingerprint density at radius 3 is 2.70 bits per heavy atom. The summed E-state index contributed by atoms with van der Waals surface area (Å²) in [4.78, 5) is 21.1. The highest BCUT2D eigenvalue weighted by atomic mass is 32.1. The van der Waals surface area contributed by atoms with Gasteiger partial charge in [0.15, 0.2) is 5.82 Å². The maximum Gasteiger partial charge on any atom is 0.260 e. The fourth-order valence-electron chi connectivity index (χ4n) is 2.27. The third-order valence-corrected chi connectivity index (χ3v) is 4.72. The summed E-state index contributed by atoms with van der Waals surface area (Å²) < 4.78 is 0. The molecule has 114 valence electrons. The van der Waals surface area contributed by atoms with E-state index in [2.05, 4.69) is 16.0 Å². The van der Waals surface area contributed by atoms with Crippen LogP contribution in [0, 0.1) is 25.2 Å². The Bertz CT molecular complexity index is 1020. The van der Waals surface area contributed by atoms with Crippen LogP contribution in [-0.2, 0) is 0 Å². The predicted octanol–water partition coefficient (Wildman–Crippen LogP) is 3.37. The maximum absolute atomic E-state index is 12.3. The lowest BCUT2D eigenvalue weighted by Gasteiger charge is -2.00. The number of aromatic amines is 1. The summed E-state index contributed by atoms with van der Waals surface area (Å²) in [6.07, 6.45) is 1.62. The van der Waals surface area contributed by atoms with Gasteiger partial charge in [-0.3, -0.25) is 4.79 Å². The van der Waals surface area contributed by atoms with E-state index in [9.17, 15) is 15.2 Å². The fraction of sp³-hybridized carbons (Fsp3) is 0.118. The Labute approximate surface area is 136 Å². The number of benzene rings is 1.